The van der Waals surface area contributed by atoms with Crippen molar-refractivity contribution < 1.29 is 19.4 Å². The van der Waals surface area contributed by atoms with Gasteiger partial charge in [0.2, 0.25) is 0 Å². The number of amides is 1. The van der Waals surface area contributed by atoms with E-state index in [4.69, 9.17) is 4.74 Å². The van der Waals surface area contributed by atoms with Gasteiger partial charge in [-0.1, -0.05) is 48.5 Å². The zero-order chi connectivity index (χ0) is 18.5. The summed E-state index contributed by atoms with van der Waals surface area (Å²) >= 11 is 0. The number of aromatic nitrogens is 1. The second-order valence-corrected chi connectivity index (χ2v) is 6.11. The van der Waals surface area contributed by atoms with Crippen LogP contribution in [0.15, 0.2) is 54.7 Å². The first-order valence-corrected chi connectivity index (χ1v) is 8.30. The van der Waals surface area contributed by atoms with Gasteiger partial charge in [0.05, 0.1) is 0 Å². The molecule has 0 aliphatic carbocycles. The first-order valence-electron chi connectivity index (χ1n) is 8.30. The van der Waals surface area contributed by atoms with E-state index in [-0.39, 0.29) is 13.0 Å². The molecule has 134 valence electrons. The molecule has 3 rings (SSSR count). The van der Waals surface area contributed by atoms with E-state index in [0.29, 0.717) is 0 Å². The normalized spacial score (nSPS) is 11.9. The summed E-state index contributed by atoms with van der Waals surface area (Å²) in [5.41, 5.74) is 3.72. The molecule has 0 radical (unpaired) electrons. The highest BCUT2D eigenvalue weighted by molar-refractivity contribution is 5.87. The summed E-state index contributed by atoms with van der Waals surface area (Å²) in [7, 11) is 0. The Bertz CT molecular complexity index is 918. The fraction of sp³-hybridized carbons (Fsp3) is 0.200. The topological polar surface area (TPSA) is 91.4 Å². The van der Waals surface area contributed by atoms with Crippen molar-refractivity contribution in [1.29, 1.82) is 0 Å². The van der Waals surface area contributed by atoms with Gasteiger partial charge in [-0.2, -0.15) is 0 Å². The number of rotatable bonds is 6. The third-order valence-corrected chi connectivity index (χ3v) is 4.24. The van der Waals surface area contributed by atoms with E-state index in [0.717, 1.165) is 27.6 Å². The van der Waals surface area contributed by atoms with Gasteiger partial charge in [-0.3, -0.25) is 0 Å². The predicted molar refractivity (Wildman–Crippen MR) is 97.9 cm³/mol. The molecule has 0 bridgehead atoms. The zero-order valence-electron chi connectivity index (χ0n) is 14.4. The molecule has 26 heavy (non-hydrogen) atoms. The van der Waals surface area contributed by atoms with Crippen LogP contribution in [0.25, 0.3) is 10.9 Å². The number of para-hydroxylation sites is 1. The Kier molecular flexibility index (Phi) is 5.22. The highest BCUT2D eigenvalue weighted by atomic mass is 16.5. The molecule has 1 unspecified atom stereocenters. The molecule has 6 nitrogen and oxygen atoms in total. The molecule has 2 aromatic carbocycles. The minimum atomic E-state index is -1.11. The monoisotopic (exact) mass is 352 g/mol. The van der Waals surface area contributed by atoms with Crippen LogP contribution >= 0.6 is 0 Å². The molecule has 1 heterocycles. The maximum atomic E-state index is 12.0. The summed E-state index contributed by atoms with van der Waals surface area (Å²) in [6.07, 6.45) is 1.20. The van der Waals surface area contributed by atoms with Crippen molar-refractivity contribution in [2.24, 2.45) is 0 Å². The summed E-state index contributed by atoms with van der Waals surface area (Å²) < 4.78 is 5.11. The molecule has 0 fully saturated rings. The van der Waals surface area contributed by atoms with Crippen LogP contribution in [-0.4, -0.2) is 28.2 Å². The van der Waals surface area contributed by atoms with Crippen LogP contribution in [-0.2, 0) is 22.6 Å². The van der Waals surface area contributed by atoms with Crippen molar-refractivity contribution in [2.45, 2.75) is 26.0 Å². The van der Waals surface area contributed by atoms with Crippen molar-refractivity contribution in [1.82, 2.24) is 10.3 Å². The Morgan fingerprint density at radius 2 is 1.92 bits per heavy atom. The van der Waals surface area contributed by atoms with Gasteiger partial charge in [-0.05, 0) is 23.6 Å². The Balaban J connectivity index is 1.66. The number of carboxylic acids is 1. The van der Waals surface area contributed by atoms with Gasteiger partial charge in [-0.15, -0.1) is 0 Å². The number of H-pyrrole nitrogens is 1. The second-order valence-electron chi connectivity index (χ2n) is 6.11. The van der Waals surface area contributed by atoms with Crippen molar-refractivity contribution in [3.05, 3.63) is 71.4 Å². The van der Waals surface area contributed by atoms with Crippen LogP contribution in [0.1, 0.15) is 16.7 Å². The molecule has 0 saturated heterocycles. The number of alkyl carbamates (subject to hydrolysis) is 1. The SMILES string of the molecule is Cc1cccc2c(CC(NC(=O)OCc3ccccc3)C(=O)O)c[nH]c12. The van der Waals surface area contributed by atoms with E-state index in [9.17, 15) is 14.7 Å². The van der Waals surface area contributed by atoms with Crippen LogP contribution in [0, 0.1) is 6.92 Å². The molecular weight excluding hydrogens is 332 g/mol. The second kappa shape index (κ2) is 7.74. The van der Waals surface area contributed by atoms with E-state index in [2.05, 4.69) is 10.3 Å². The minimum absolute atomic E-state index is 0.0886. The van der Waals surface area contributed by atoms with E-state index < -0.39 is 18.1 Å². The van der Waals surface area contributed by atoms with Gasteiger partial charge < -0.3 is 20.1 Å². The van der Waals surface area contributed by atoms with Gasteiger partial charge in [0, 0.05) is 23.5 Å². The molecule has 1 amide bonds. The van der Waals surface area contributed by atoms with Crippen LogP contribution in [0.3, 0.4) is 0 Å². The number of aryl methyl sites for hydroxylation is 1. The molecule has 0 saturated carbocycles. The number of hydrogen-bond acceptors (Lipinski definition) is 3. The molecule has 0 aliphatic heterocycles. The summed E-state index contributed by atoms with van der Waals surface area (Å²) in [5, 5.41) is 12.8. The minimum Gasteiger partial charge on any atom is -0.480 e. The van der Waals surface area contributed by atoms with Gasteiger partial charge in [0.15, 0.2) is 0 Å². The summed E-state index contributed by atoms with van der Waals surface area (Å²) in [6, 6.07) is 14.0. The number of fused-ring (bicyclic) bond motifs is 1. The predicted octanol–water partition coefficient (Wildman–Crippen LogP) is 3.40. The maximum Gasteiger partial charge on any atom is 0.408 e. The summed E-state index contributed by atoms with van der Waals surface area (Å²) in [5.74, 6) is -1.11. The molecule has 0 aliphatic rings. The highest BCUT2D eigenvalue weighted by Crippen LogP contribution is 2.22. The van der Waals surface area contributed by atoms with Crippen LogP contribution in [0.2, 0.25) is 0 Å². The highest BCUT2D eigenvalue weighted by Gasteiger charge is 2.22. The molecule has 3 aromatic rings. The summed E-state index contributed by atoms with van der Waals surface area (Å²) in [6.45, 7) is 2.07. The van der Waals surface area contributed by atoms with Gasteiger partial charge >= 0.3 is 12.1 Å². The standard InChI is InChI=1S/C20H20N2O4/c1-13-6-5-9-16-15(11-21-18(13)16)10-17(19(23)24)22-20(25)26-12-14-7-3-2-4-8-14/h2-9,11,17,21H,10,12H2,1H3,(H,22,25)(H,23,24). The number of carbonyl (C=O) groups excluding carboxylic acids is 1. The number of carboxylic acid groups (broad SMARTS) is 1. The van der Waals surface area contributed by atoms with Crippen LogP contribution in [0.4, 0.5) is 4.79 Å². The number of benzene rings is 2. The number of hydrogen-bond donors (Lipinski definition) is 3. The average Bonchev–Trinajstić information content (AvgIpc) is 3.04. The lowest BCUT2D eigenvalue weighted by Gasteiger charge is -2.14. The maximum absolute atomic E-state index is 12.0. The Labute approximate surface area is 150 Å². The smallest absolute Gasteiger partial charge is 0.408 e. The Morgan fingerprint density at radius 1 is 1.15 bits per heavy atom. The van der Waals surface area contributed by atoms with E-state index in [1.54, 1.807) is 6.20 Å². The molecule has 1 atom stereocenters. The molecular formula is C20H20N2O4. The lowest BCUT2D eigenvalue weighted by Crippen LogP contribution is -2.42. The van der Waals surface area contributed by atoms with Crippen molar-refractivity contribution >= 4 is 23.0 Å². The summed E-state index contributed by atoms with van der Waals surface area (Å²) in [4.78, 5) is 26.7. The third-order valence-electron chi connectivity index (χ3n) is 4.24. The van der Waals surface area contributed by atoms with Gasteiger partial charge in [0.25, 0.3) is 0 Å². The molecule has 0 spiro atoms. The molecule has 6 heteroatoms. The number of ether oxygens (including phenoxy) is 1. The largest absolute Gasteiger partial charge is 0.480 e. The number of carbonyl (C=O) groups is 2. The van der Waals surface area contributed by atoms with E-state index >= 15 is 0 Å². The Morgan fingerprint density at radius 3 is 2.65 bits per heavy atom. The number of aliphatic carboxylic acids is 1. The zero-order valence-corrected chi connectivity index (χ0v) is 14.4. The van der Waals surface area contributed by atoms with E-state index in [1.807, 2.05) is 55.5 Å². The van der Waals surface area contributed by atoms with Gasteiger partial charge in [0.1, 0.15) is 12.6 Å². The number of nitrogens with one attached hydrogen (secondary N) is 2. The lowest BCUT2D eigenvalue weighted by atomic mass is 10.0. The van der Waals surface area contributed by atoms with Gasteiger partial charge in [-0.25, -0.2) is 9.59 Å². The fourth-order valence-electron chi connectivity index (χ4n) is 2.86. The van der Waals surface area contributed by atoms with Crippen LogP contribution < -0.4 is 5.32 Å². The van der Waals surface area contributed by atoms with E-state index in [1.165, 1.54) is 0 Å². The van der Waals surface area contributed by atoms with Crippen molar-refractivity contribution in [2.75, 3.05) is 0 Å². The fourth-order valence-corrected chi connectivity index (χ4v) is 2.86. The number of aromatic amines is 1. The van der Waals surface area contributed by atoms with Crippen molar-refractivity contribution in [3.8, 4) is 0 Å². The Hall–Kier alpha value is -3.28. The quantitative estimate of drug-likeness (QED) is 0.634. The molecule has 3 N–H and O–H groups in total. The van der Waals surface area contributed by atoms with Crippen molar-refractivity contribution in [3.63, 3.8) is 0 Å². The first-order chi connectivity index (χ1) is 12.5. The molecule has 1 aromatic heterocycles. The first kappa shape index (κ1) is 17.5. The third kappa shape index (κ3) is 4.03. The lowest BCUT2D eigenvalue weighted by molar-refractivity contribution is -0.139. The van der Waals surface area contributed by atoms with Crippen LogP contribution in [0.5, 0.6) is 0 Å². The average molecular weight is 352 g/mol.